The SMILES string of the molecule is CCn1nc(C2CCCCC2)c2c1OC(N)=C(C#N)C2c1ccc(-n2ccnc2)cc1. The summed E-state index contributed by atoms with van der Waals surface area (Å²) in [5.41, 5.74) is 10.8. The average molecular weight is 415 g/mol. The molecule has 1 aliphatic heterocycles. The number of aromatic nitrogens is 4. The Labute approximate surface area is 181 Å². The zero-order valence-electron chi connectivity index (χ0n) is 17.7. The van der Waals surface area contributed by atoms with E-state index in [2.05, 4.69) is 30.1 Å². The summed E-state index contributed by atoms with van der Waals surface area (Å²) in [5.74, 6) is 0.973. The van der Waals surface area contributed by atoms with E-state index in [1.165, 1.54) is 19.3 Å². The van der Waals surface area contributed by atoms with Crippen LogP contribution < -0.4 is 10.5 Å². The number of hydrogen-bond acceptors (Lipinski definition) is 5. The molecule has 1 atom stereocenters. The summed E-state index contributed by atoms with van der Waals surface area (Å²) in [5, 5.41) is 14.9. The first-order chi connectivity index (χ1) is 15.2. The summed E-state index contributed by atoms with van der Waals surface area (Å²) in [7, 11) is 0. The highest BCUT2D eigenvalue weighted by Crippen LogP contribution is 2.48. The maximum atomic E-state index is 9.98. The number of nitriles is 1. The summed E-state index contributed by atoms with van der Waals surface area (Å²) >= 11 is 0. The number of ether oxygens (including phenoxy) is 1. The molecular formula is C24H26N6O. The van der Waals surface area contributed by atoms with E-state index in [-0.39, 0.29) is 11.8 Å². The van der Waals surface area contributed by atoms with Crippen LogP contribution in [0.1, 0.15) is 67.7 Å². The van der Waals surface area contributed by atoms with Gasteiger partial charge in [0.15, 0.2) is 0 Å². The quantitative estimate of drug-likeness (QED) is 0.685. The summed E-state index contributed by atoms with van der Waals surface area (Å²) in [4.78, 5) is 4.12. The predicted octanol–water partition coefficient (Wildman–Crippen LogP) is 4.35. The lowest BCUT2D eigenvalue weighted by molar-refractivity contribution is 0.350. The minimum absolute atomic E-state index is 0.170. The number of nitrogens with two attached hydrogens (primary N) is 1. The van der Waals surface area contributed by atoms with E-state index in [1.807, 2.05) is 27.6 Å². The first-order valence-electron chi connectivity index (χ1n) is 11.0. The molecular weight excluding hydrogens is 388 g/mol. The van der Waals surface area contributed by atoms with Crippen molar-refractivity contribution in [3.8, 4) is 17.6 Å². The predicted molar refractivity (Wildman–Crippen MR) is 117 cm³/mol. The number of rotatable bonds is 4. The van der Waals surface area contributed by atoms with Crippen LogP contribution >= 0.6 is 0 Å². The monoisotopic (exact) mass is 414 g/mol. The molecule has 1 aromatic carbocycles. The van der Waals surface area contributed by atoms with Crippen molar-refractivity contribution in [2.75, 3.05) is 0 Å². The fraction of sp³-hybridized carbons (Fsp3) is 0.375. The van der Waals surface area contributed by atoms with E-state index in [1.54, 1.807) is 12.5 Å². The molecule has 31 heavy (non-hydrogen) atoms. The second-order valence-corrected chi connectivity index (χ2v) is 8.24. The number of aryl methyl sites for hydroxylation is 1. The molecule has 3 heterocycles. The van der Waals surface area contributed by atoms with Gasteiger partial charge in [0, 0.05) is 30.5 Å². The lowest BCUT2D eigenvalue weighted by atomic mass is 9.78. The highest BCUT2D eigenvalue weighted by atomic mass is 16.5. The van der Waals surface area contributed by atoms with Gasteiger partial charge in [-0.1, -0.05) is 31.4 Å². The van der Waals surface area contributed by atoms with E-state index >= 15 is 0 Å². The fourth-order valence-electron chi connectivity index (χ4n) is 4.90. The van der Waals surface area contributed by atoms with E-state index in [0.717, 1.165) is 35.3 Å². The zero-order chi connectivity index (χ0) is 21.4. The van der Waals surface area contributed by atoms with Crippen molar-refractivity contribution < 1.29 is 4.74 Å². The van der Waals surface area contributed by atoms with Gasteiger partial charge in [-0.25, -0.2) is 9.67 Å². The molecule has 158 valence electrons. The smallest absolute Gasteiger partial charge is 0.224 e. The molecule has 0 amide bonds. The third kappa shape index (κ3) is 3.28. The molecule has 5 rings (SSSR count). The van der Waals surface area contributed by atoms with E-state index in [0.29, 0.717) is 23.9 Å². The Hall–Kier alpha value is -3.53. The lowest BCUT2D eigenvalue weighted by Gasteiger charge is -2.27. The Morgan fingerprint density at radius 1 is 1.19 bits per heavy atom. The standard InChI is InChI=1S/C24H26N6O/c1-2-30-24-21(22(28-30)17-6-4-3-5-7-17)20(19(14-25)23(26)31-24)16-8-10-18(11-9-16)29-13-12-27-15-29/h8-13,15,17,20H,2-7,26H2,1H3. The maximum Gasteiger partial charge on any atom is 0.224 e. The van der Waals surface area contributed by atoms with Crippen LogP contribution in [0.4, 0.5) is 0 Å². The van der Waals surface area contributed by atoms with Gasteiger partial charge in [0.25, 0.3) is 0 Å². The molecule has 0 saturated heterocycles. The van der Waals surface area contributed by atoms with Crippen LogP contribution in [0.15, 0.2) is 54.4 Å². The van der Waals surface area contributed by atoms with Crippen LogP contribution in [0.5, 0.6) is 5.88 Å². The molecule has 7 heteroatoms. The first-order valence-corrected chi connectivity index (χ1v) is 11.0. The van der Waals surface area contributed by atoms with Gasteiger partial charge in [-0.2, -0.15) is 10.4 Å². The zero-order valence-corrected chi connectivity index (χ0v) is 17.7. The molecule has 2 aliphatic rings. The van der Waals surface area contributed by atoms with Gasteiger partial charge in [0.1, 0.15) is 11.6 Å². The van der Waals surface area contributed by atoms with Crippen LogP contribution in [0.25, 0.3) is 5.69 Å². The molecule has 1 saturated carbocycles. The molecule has 1 fully saturated rings. The Morgan fingerprint density at radius 3 is 2.61 bits per heavy atom. The van der Waals surface area contributed by atoms with Crippen LogP contribution in [0.3, 0.4) is 0 Å². The highest BCUT2D eigenvalue weighted by molar-refractivity contribution is 5.57. The molecule has 1 aliphatic carbocycles. The van der Waals surface area contributed by atoms with Gasteiger partial charge in [-0.3, -0.25) is 0 Å². The number of hydrogen-bond donors (Lipinski definition) is 1. The van der Waals surface area contributed by atoms with Crippen LogP contribution in [0, 0.1) is 11.3 Å². The molecule has 2 aromatic heterocycles. The number of benzene rings is 1. The molecule has 0 bridgehead atoms. The summed E-state index contributed by atoms with van der Waals surface area (Å²) in [6.45, 7) is 2.74. The second kappa shape index (κ2) is 7.95. The number of fused-ring (bicyclic) bond motifs is 1. The van der Waals surface area contributed by atoms with Gasteiger partial charge < -0.3 is 15.0 Å². The molecule has 7 nitrogen and oxygen atoms in total. The van der Waals surface area contributed by atoms with E-state index < -0.39 is 0 Å². The third-order valence-electron chi connectivity index (χ3n) is 6.46. The summed E-state index contributed by atoms with van der Waals surface area (Å²) in [6.07, 6.45) is 11.4. The topological polar surface area (TPSA) is 94.7 Å². The van der Waals surface area contributed by atoms with E-state index in [4.69, 9.17) is 15.6 Å². The second-order valence-electron chi connectivity index (χ2n) is 8.24. The van der Waals surface area contributed by atoms with Crippen molar-refractivity contribution in [1.82, 2.24) is 19.3 Å². The highest BCUT2D eigenvalue weighted by Gasteiger charge is 2.38. The number of imidazole rings is 1. The maximum absolute atomic E-state index is 9.98. The molecule has 0 spiro atoms. The lowest BCUT2D eigenvalue weighted by Crippen LogP contribution is -2.23. The summed E-state index contributed by atoms with van der Waals surface area (Å²) < 4.78 is 9.84. The van der Waals surface area contributed by atoms with Crippen LogP contribution in [-0.4, -0.2) is 19.3 Å². The van der Waals surface area contributed by atoms with Gasteiger partial charge in [0.2, 0.25) is 11.8 Å². The van der Waals surface area contributed by atoms with Crippen molar-refractivity contribution in [1.29, 1.82) is 5.26 Å². The molecule has 3 aromatic rings. The van der Waals surface area contributed by atoms with Crippen molar-refractivity contribution >= 4 is 0 Å². The Morgan fingerprint density at radius 2 is 1.97 bits per heavy atom. The van der Waals surface area contributed by atoms with Crippen molar-refractivity contribution in [3.05, 3.63) is 71.3 Å². The van der Waals surface area contributed by atoms with Crippen molar-refractivity contribution in [2.45, 2.75) is 57.4 Å². The minimum Gasteiger partial charge on any atom is -0.422 e. The first kappa shape index (κ1) is 19.4. The van der Waals surface area contributed by atoms with Gasteiger partial charge >= 0.3 is 0 Å². The Balaban J connectivity index is 1.64. The minimum atomic E-state index is -0.275. The largest absolute Gasteiger partial charge is 0.422 e. The van der Waals surface area contributed by atoms with Crippen molar-refractivity contribution in [3.63, 3.8) is 0 Å². The summed E-state index contributed by atoms with van der Waals surface area (Å²) in [6, 6.07) is 10.5. The van der Waals surface area contributed by atoms with Gasteiger partial charge in [-0.05, 0) is 37.5 Å². The normalized spacial score (nSPS) is 19.0. The molecule has 1 unspecified atom stereocenters. The van der Waals surface area contributed by atoms with Crippen LogP contribution in [0.2, 0.25) is 0 Å². The molecule has 2 N–H and O–H groups in total. The fourth-order valence-corrected chi connectivity index (χ4v) is 4.90. The Bertz CT molecular complexity index is 1140. The number of nitrogens with zero attached hydrogens (tertiary/aromatic N) is 5. The van der Waals surface area contributed by atoms with E-state index in [9.17, 15) is 5.26 Å². The van der Waals surface area contributed by atoms with Gasteiger partial charge in [-0.15, -0.1) is 0 Å². The number of allylic oxidation sites excluding steroid dienone is 1. The van der Waals surface area contributed by atoms with Gasteiger partial charge in [0.05, 0.1) is 23.5 Å². The van der Waals surface area contributed by atoms with Crippen molar-refractivity contribution in [2.24, 2.45) is 5.73 Å². The Kier molecular flexibility index (Phi) is 4.99. The molecule has 0 radical (unpaired) electrons. The third-order valence-corrected chi connectivity index (χ3v) is 6.46. The van der Waals surface area contributed by atoms with Crippen LogP contribution in [-0.2, 0) is 6.54 Å². The average Bonchev–Trinajstić information content (AvgIpc) is 3.47.